The molecule has 8 heteroatoms. The first-order chi connectivity index (χ1) is 17.9. The minimum Gasteiger partial charge on any atom is -0.507 e. The Morgan fingerprint density at radius 3 is 2.34 bits per heavy atom. The van der Waals surface area contributed by atoms with Gasteiger partial charge in [-0.25, -0.2) is 4.39 Å². The normalized spacial score (nSPS) is 17.2. The third kappa shape index (κ3) is 5.24. The standard InChI is InChI=1S/C30H29ClFNO5/c1-5-38-24-13-9-19(14-21(24)30(2,3)4)27(35)25-26(18-8-12-23(34)22(31)15-18)33(29(37)28(25)36)16-17-6-10-20(32)11-7-17/h6-15,26,34-35H,5,16H2,1-4H3/b27-25-. The van der Waals surface area contributed by atoms with Crippen molar-refractivity contribution in [3.8, 4) is 11.5 Å². The molecule has 3 aromatic carbocycles. The fraction of sp³-hybridized carbons (Fsp3) is 0.267. The number of nitrogens with zero attached hydrogens (tertiary/aromatic N) is 1. The summed E-state index contributed by atoms with van der Waals surface area (Å²) in [5.41, 5.74) is 1.76. The van der Waals surface area contributed by atoms with Gasteiger partial charge in [0.2, 0.25) is 0 Å². The lowest BCUT2D eigenvalue weighted by atomic mass is 9.84. The summed E-state index contributed by atoms with van der Waals surface area (Å²) in [5, 5.41) is 21.5. The third-order valence-corrected chi connectivity index (χ3v) is 6.76. The molecule has 0 saturated carbocycles. The molecule has 198 valence electrons. The molecule has 0 bridgehead atoms. The molecule has 1 unspecified atom stereocenters. The van der Waals surface area contributed by atoms with E-state index in [4.69, 9.17) is 16.3 Å². The number of Topliss-reactive ketones (excluding diaryl/α,β-unsaturated/α-hetero) is 1. The van der Waals surface area contributed by atoms with Crippen LogP contribution in [0.1, 0.15) is 56.0 Å². The summed E-state index contributed by atoms with van der Waals surface area (Å²) in [4.78, 5) is 28.0. The molecule has 1 aliphatic heterocycles. The summed E-state index contributed by atoms with van der Waals surface area (Å²) in [7, 11) is 0. The van der Waals surface area contributed by atoms with Gasteiger partial charge < -0.3 is 19.8 Å². The highest BCUT2D eigenvalue weighted by atomic mass is 35.5. The van der Waals surface area contributed by atoms with Crippen molar-refractivity contribution in [2.45, 2.75) is 45.7 Å². The van der Waals surface area contributed by atoms with Crippen LogP contribution in [0.4, 0.5) is 4.39 Å². The van der Waals surface area contributed by atoms with Crippen molar-refractivity contribution >= 4 is 29.1 Å². The molecule has 1 saturated heterocycles. The van der Waals surface area contributed by atoms with Gasteiger partial charge in [-0.1, -0.05) is 50.6 Å². The number of aliphatic hydroxyl groups excluding tert-OH is 1. The zero-order valence-electron chi connectivity index (χ0n) is 21.6. The van der Waals surface area contributed by atoms with Gasteiger partial charge in [-0.05, 0) is 65.9 Å². The Morgan fingerprint density at radius 2 is 1.74 bits per heavy atom. The van der Waals surface area contributed by atoms with Crippen molar-refractivity contribution in [3.05, 3.63) is 99.3 Å². The molecular formula is C30H29ClFNO5. The summed E-state index contributed by atoms with van der Waals surface area (Å²) in [6.45, 7) is 8.36. The predicted molar refractivity (Wildman–Crippen MR) is 144 cm³/mol. The summed E-state index contributed by atoms with van der Waals surface area (Å²) in [6, 6.07) is 14.1. The SMILES string of the molecule is CCOc1ccc(/C(O)=C2/C(=O)C(=O)N(Cc3ccc(F)cc3)C2c2ccc(O)c(Cl)c2)cc1C(C)(C)C. The highest BCUT2D eigenvalue weighted by Gasteiger charge is 2.46. The number of ketones is 1. The fourth-order valence-electron chi connectivity index (χ4n) is 4.57. The van der Waals surface area contributed by atoms with Crippen LogP contribution in [0.25, 0.3) is 5.76 Å². The second-order valence-electron chi connectivity index (χ2n) is 10.2. The quantitative estimate of drug-likeness (QED) is 0.213. The van der Waals surface area contributed by atoms with Gasteiger partial charge in [0.15, 0.2) is 0 Å². The minimum absolute atomic E-state index is 0.0126. The Morgan fingerprint density at radius 1 is 1.05 bits per heavy atom. The molecule has 4 rings (SSSR count). The van der Waals surface area contributed by atoms with E-state index in [1.165, 1.54) is 41.3 Å². The lowest BCUT2D eigenvalue weighted by Crippen LogP contribution is -2.29. The van der Waals surface area contributed by atoms with Crippen LogP contribution < -0.4 is 4.74 Å². The lowest BCUT2D eigenvalue weighted by Gasteiger charge is -2.26. The molecule has 0 aliphatic carbocycles. The first-order valence-electron chi connectivity index (χ1n) is 12.2. The number of hydrogen-bond donors (Lipinski definition) is 2. The van der Waals surface area contributed by atoms with Gasteiger partial charge >= 0.3 is 0 Å². The van der Waals surface area contributed by atoms with E-state index in [-0.39, 0.29) is 34.1 Å². The summed E-state index contributed by atoms with van der Waals surface area (Å²) in [6.07, 6.45) is 0. The number of amides is 1. The smallest absolute Gasteiger partial charge is 0.295 e. The number of halogens is 2. The van der Waals surface area contributed by atoms with Crippen LogP contribution in [0.2, 0.25) is 5.02 Å². The molecule has 3 aromatic rings. The highest BCUT2D eigenvalue weighted by Crippen LogP contribution is 2.43. The summed E-state index contributed by atoms with van der Waals surface area (Å²) in [5.74, 6) is -1.94. The van der Waals surface area contributed by atoms with Gasteiger partial charge in [-0.3, -0.25) is 9.59 Å². The minimum atomic E-state index is -0.997. The van der Waals surface area contributed by atoms with Crippen LogP contribution in [0, 0.1) is 5.82 Å². The molecule has 1 aliphatic rings. The Balaban J connectivity index is 1.90. The van der Waals surface area contributed by atoms with Crippen molar-refractivity contribution in [1.82, 2.24) is 4.90 Å². The van der Waals surface area contributed by atoms with Crippen LogP contribution >= 0.6 is 11.6 Å². The van der Waals surface area contributed by atoms with Crippen LogP contribution in [-0.4, -0.2) is 33.4 Å². The second kappa shape index (κ2) is 10.5. The van der Waals surface area contributed by atoms with E-state index in [0.717, 1.165) is 5.56 Å². The number of rotatable bonds is 6. The van der Waals surface area contributed by atoms with Gasteiger partial charge in [0.1, 0.15) is 23.1 Å². The van der Waals surface area contributed by atoms with E-state index in [2.05, 4.69) is 0 Å². The number of carbonyl (C=O) groups is 2. The number of carbonyl (C=O) groups excluding carboxylic acids is 2. The molecule has 0 spiro atoms. The Bertz CT molecular complexity index is 1430. The Hall–Kier alpha value is -3.84. The number of likely N-dealkylation sites (tertiary alicyclic amines) is 1. The van der Waals surface area contributed by atoms with Crippen LogP contribution in [0.3, 0.4) is 0 Å². The molecule has 2 N–H and O–H groups in total. The average Bonchev–Trinajstić information content (AvgIpc) is 3.11. The van der Waals surface area contributed by atoms with Crippen molar-refractivity contribution < 1.29 is 28.9 Å². The largest absolute Gasteiger partial charge is 0.507 e. The first-order valence-corrected chi connectivity index (χ1v) is 12.6. The maximum atomic E-state index is 13.5. The molecule has 1 atom stereocenters. The van der Waals surface area contributed by atoms with Crippen LogP contribution in [0.15, 0.2) is 66.2 Å². The number of phenolic OH excluding ortho intramolecular Hbond substituents is 1. The van der Waals surface area contributed by atoms with Gasteiger partial charge in [-0.15, -0.1) is 0 Å². The highest BCUT2D eigenvalue weighted by molar-refractivity contribution is 6.46. The summed E-state index contributed by atoms with van der Waals surface area (Å²) >= 11 is 6.18. The van der Waals surface area contributed by atoms with Gasteiger partial charge in [-0.2, -0.15) is 0 Å². The monoisotopic (exact) mass is 537 g/mol. The molecule has 0 aromatic heterocycles. The van der Waals surface area contributed by atoms with Gasteiger partial charge in [0.25, 0.3) is 11.7 Å². The van der Waals surface area contributed by atoms with E-state index >= 15 is 0 Å². The zero-order valence-corrected chi connectivity index (χ0v) is 22.3. The van der Waals surface area contributed by atoms with Crippen LogP contribution in [-0.2, 0) is 21.5 Å². The second-order valence-corrected chi connectivity index (χ2v) is 10.6. The number of aromatic hydroxyl groups is 1. The number of ether oxygens (including phenoxy) is 1. The van der Waals surface area contributed by atoms with Gasteiger partial charge in [0.05, 0.1) is 23.2 Å². The molecule has 38 heavy (non-hydrogen) atoms. The van der Waals surface area contributed by atoms with E-state index in [0.29, 0.717) is 29.0 Å². The van der Waals surface area contributed by atoms with Crippen molar-refractivity contribution in [1.29, 1.82) is 0 Å². The molecule has 1 fully saturated rings. The Labute approximate surface area is 225 Å². The number of hydrogen-bond acceptors (Lipinski definition) is 5. The number of benzene rings is 3. The number of aliphatic hydroxyl groups is 1. The van der Waals surface area contributed by atoms with Crippen molar-refractivity contribution in [2.24, 2.45) is 0 Å². The molecular weight excluding hydrogens is 509 g/mol. The predicted octanol–water partition coefficient (Wildman–Crippen LogP) is 6.50. The first kappa shape index (κ1) is 27.2. The fourth-order valence-corrected chi connectivity index (χ4v) is 4.76. The van der Waals surface area contributed by atoms with Crippen molar-refractivity contribution in [3.63, 3.8) is 0 Å². The maximum Gasteiger partial charge on any atom is 0.295 e. The van der Waals surface area contributed by atoms with E-state index < -0.39 is 23.5 Å². The van der Waals surface area contributed by atoms with E-state index in [9.17, 15) is 24.2 Å². The molecule has 6 nitrogen and oxygen atoms in total. The van der Waals surface area contributed by atoms with E-state index in [1.807, 2.05) is 27.7 Å². The average molecular weight is 538 g/mol. The zero-order chi connectivity index (χ0) is 27.8. The molecule has 1 amide bonds. The summed E-state index contributed by atoms with van der Waals surface area (Å²) < 4.78 is 19.3. The third-order valence-electron chi connectivity index (χ3n) is 6.45. The lowest BCUT2D eigenvalue weighted by molar-refractivity contribution is -0.140. The van der Waals surface area contributed by atoms with E-state index in [1.54, 1.807) is 24.3 Å². The Kier molecular flexibility index (Phi) is 7.51. The van der Waals surface area contributed by atoms with Crippen LogP contribution in [0.5, 0.6) is 11.5 Å². The van der Waals surface area contributed by atoms with Crippen molar-refractivity contribution in [2.75, 3.05) is 6.61 Å². The maximum absolute atomic E-state index is 13.5. The topological polar surface area (TPSA) is 87.1 Å². The molecule has 1 heterocycles. The number of phenols is 1. The van der Waals surface area contributed by atoms with Gasteiger partial charge in [0, 0.05) is 17.7 Å². The molecule has 0 radical (unpaired) electrons.